The minimum Gasteiger partial charge on any atom is -0.309 e. The molecule has 1 heterocycles. The Hall–Kier alpha value is 0.01000. The molecule has 0 saturated heterocycles. The summed E-state index contributed by atoms with van der Waals surface area (Å²) in [5.41, 5.74) is 5.78. The summed E-state index contributed by atoms with van der Waals surface area (Å²) in [5.74, 6) is 0.698. The summed E-state index contributed by atoms with van der Waals surface area (Å²) < 4.78 is 3.18. The molecule has 0 spiro atoms. The van der Waals surface area contributed by atoms with Crippen LogP contribution in [0, 0.1) is 5.92 Å². The lowest BCUT2D eigenvalue weighted by molar-refractivity contribution is 0.455. The molecule has 1 aliphatic heterocycles. The highest BCUT2D eigenvalue weighted by Gasteiger charge is 2.41. The number of nitrogens with two attached hydrogens (primary N) is 1. The van der Waals surface area contributed by atoms with Crippen molar-refractivity contribution in [3.8, 4) is 0 Å². The highest BCUT2D eigenvalue weighted by atomic mass is 32.2. The molecule has 50 valence electrons. The molecular weight excluding hydrogens is 132 g/mol. The standard InChI is InChI=1S/C6H10N2S/c7-6(5-1-2-5)3-4-9-8-6/h3-5,8H,1-2,7H2. The first kappa shape index (κ1) is 5.77. The fraction of sp³-hybridized carbons (Fsp3) is 0.667. The molecule has 3 heteroatoms. The Labute approximate surface area is 59.0 Å². The van der Waals surface area contributed by atoms with Crippen molar-refractivity contribution in [2.24, 2.45) is 11.7 Å². The van der Waals surface area contributed by atoms with Gasteiger partial charge in [0.05, 0.1) is 5.66 Å². The van der Waals surface area contributed by atoms with Gasteiger partial charge in [0.25, 0.3) is 0 Å². The third kappa shape index (κ3) is 0.892. The molecule has 1 aliphatic carbocycles. The van der Waals surface area contributed by atoms with Gasteiger partial charge in [0.2, 0.25) is 0 Å². The van der Waals surface area contributed by atoms with Crippen molar-refractivity contribution in [3.63, 3.8) is 0 Å². The summed E-state index contributed by atoms with van der Waals surface area (Å²) in [4.78, 5) is 0. The quantitative estimate of drug-likeness (QED) is 0.532. The first-order chi connectivity index (χ1) is 4.31. The van der Waals surface area contributed by atoms with Gasteiger partial charge in [0.15, 0.2) is 0 Å². The lowest BCUT2D eigenvalue weighted by atomic mass is 10.1. The van der Waals surface area contributed by atoms with E-state index >= 15 is 0 Å². The van der Waals surface area contributed by atoms with E-state index in [1.807, 2.05) is 5.41 Å². The lowest BCUT2D eigenvalue weighted by Gasteiger charge is -2.20. The van der Waals surface area contributed by atoms with Gasteiger partial charge in [-0.25, -0.2) is 4.72 Å². The Bertz CT molecular complexity index is 153. The maximum absolute atomic E-state index is 5.95. The number of nitrogens with one attached hydrogen (secondary N) is 1. The molecule has 2 nitrogen and oxygen atoms in total. The molecule has 0 aromatic carbocycles. The van der Waals surface area contributed by atoms with Crippen molar-refractivity contribution < 1.29 is 0 Å². The molecule has 1 fully saturated rings. The third-order valence-electron chi connectivity index (χ3n) is 1.90. The third-order valence-corrected chi connectivity index (χ3v) is 2.64. The van der Waals surface area contributed by atoms with Gasteiger partial charge in [-0.05, 0) is 30.2 Å². The van der Waals surface area contributed by atoms with Crippen LogP contribution in [0.2, 0.25) is 0 Å². The zero-order valence-electron chi connectivity index (χ0n) is 5.13. The Morgan fingerprint density at radius 2 is 2.44 bits per heavy atom. The fourth-order valence-electron chi connectivity index (χ4n) is 1.10. The maximum atomic E-state index is 5.95. The molecule has 1 unspecified atom stereocenters. The van der Waals surface area contributed by atoms with Crippen molar-refractivity contribution in [3.05, 3.63) is 11.5 Å². The summed E-state index contributed by atoms with van der Waals surface area (Å²) in [6, 6.07) is 0. The van der Waals surface area contributed by atoms with Gasteiger partial charge in [-0.1, -0.05) is 11.9 Å². The van der Waals surface area contributed by atoms with Crippen LogP contribution in [-0.2, 0) is 0 Å². The second kappa shape index (κ2) is 1.75. The minimum atomic E-state index is -0.162. The van der Waals surface area contributed by atoms with Gasteiger partial charge in [-0.3, -0.25) is 0 Å². The minimum absolute atomic E-state index is 0.162. The SMILES string of the molecule is NC1(C2CC2)C=CSN1. The van der Waals surface area contributed by atoms with Crippen LogP contribution in [0.5, 0.6) is 0 Å². The van der Waals surface area contributed by atoms with E-state index in [1.165, 1.54) is 12.8 Å². The Morgan fingerprint density at radius 1 is 1.67 bits per heavy atom. The van der Waals surface area contributed by atoms with Crippen molar-refractivity contribution in [2.75, 3.05) is 0 Å². The van der Waals surface area contributed by atoms with E-state index in [0.29, 0.717) is 5.92 Å². The maximum Gasteiger partial charge on any atom is 0.0984 e. The van der Waals surface area contributed by atoms with Crippen LogP contribution in [0.15, 0.2) is 11.5 Å². The molecule has 0 aromatic heterocycles. The molecule has 2 aliphatic rings. The summed E-state index contributed by atoms with van der Waals surface area (Å²) in [7, 11) is 0. The summed E-state index contributed by atoms with van der Waals surface area (Å²) >= 11 is 1.59. The molecule has 1 saturated carbocycles. The van der Waals surface area contributed by atoms with E-state index in [-0.39, 0.29) is 5.66 Å². The molecule has 1 atom stereocenters. The van der Waals surface area contributed by atoms with Crippen LogP contribution >= 0.6 is 11.9 Å². The fourth-order valence-corrected chi connectivity index (χ4v) is 1.90. The van der Waals surface area contributed by atoms with Crippen molar-refractivity contribution in [2.45, 2.75) is 18.5 Å². The van der Waals surface area contributed by atoms with Crippen LogP contribution in [0.3, 0.4) is 0 Å². The van der Waals surface area contributed by atoms with Gasteiger partial charge in [-0.15, -0.1) is 0 Å². The van der Waals surface area contributed by atoms with Crippen LogP contribution in [0.1, 0.15) is 12.8 Å². The largest absolute Gasteiger partial charge is 0.309 e. The number of hydrogen-bond acceptors (Lipinski definition) is 3. The number of hydrogen-bond donors (Lipinski definition) is 2. The van der Waals surface area contributed by atoms with E-state index in [9.17, 15) is 0 Å². The van der Waals surface area contributed by atoms with E-state index in [2.05, 4.69) is 10.8 Å². The highest BCUT2D eigenvalue weighted by molar-refractivity contribution is 8.00. The van der Waals surface area contributed by atoms with Gasteiger partial charge in [0, 0.05) is 0 Å². The van der Waals surface area contributed by atoms with Crippen molar-refractivity contribution in [1.29, 1.82) is 0 Å². The summed E-state index contributed by atoms with van der Waals surface area (Å²) in [6.07, 6.45) is 4.64. The molecule has 9 heavy (non-hydrogen) atoms. The molecule has 2 rings (SSSR count). The van der Waals surface area contributed by atoms with Gasteiger partial charge in [-0.2, -0.15) is 0 Å². The number of rotatable bonds is 1. The average Bonchev–Trinajstić information content (AvgIpc) is 2.60. The first-order valence-electron chi connectivity index (χ1n) is 3.21. The Kier molecular flexibility index (Phi) is 1.12. The highest BCUT2D eigenvalue weighted by Crippen LogP contribution is 2.40. The van der Waals surface area contributed by atoms with Crippen LogP contribution < -0.4 is 10.5 Å². The molecule has 0 aromatic rings. The van der Waals surface area contributed by atoms with E-state index in [4.69, 9.17) is 5.73 Å². The zero-order valence-corrected chi connectivity index (χ0v) is 5.95. The molecular formula is C6H10N2S. The predicted octanol–water partition coefficient (Wildman–Crippen LogP) is 0.817. The van der Waals surface area contributed by atoms with Crippen LogP contribution in [-0.4, -0.2) is 5.66 Å². The second-order valence-electron chi connectivity index (χ2n) is 2.73. The van der Waals surface area contributed by atoms with Crippen molar-refractivity contribution >= 4 is 11.9 Å². The topological polar surface area (TPSA) is 38.0 Å². The summed E-state index contributed by atoms with van der Waals surface area (Å²) in [6.45, 7) is 0. The Balaban J connectivity index is 2.12. The van der Waals surface area contributed by atoms with Gasteiger partial charge >= 0.3 is 0 Å². The van der Waals surface area contributed by atoms with E-state index in [0.717, 1.165) is 0 Å². The molecule has 0 amide bonds. The first-order valence-corrected chi connectivity index (χ1v) is 4.09. The van der Waals surface area contributed by atoms with E-state index in [1.54, 1.807) is 11.9 Å². The van der Waals surface area contributed by atoms with Crippen LogP contribution in [0.4, 0.5) is 0 Å². The monoisotopic (exact) mass is 142 g/mol. The molecule has 0 bridgehead atoms. The summed E-state index contributed by atoms with van der Waals surface area (Å²) in [5, 5.41) is 2.03. The van der Waals surface area contributed by atoms with E-state index < -0.39 is 0 Å². The van der Waals surface area contributed by atoms with Gasteiger partial charge in [0.1, 0.15) is 0 Å². The molecule has 0 radical (unpaired) electrons. The lowest BCUT2D eigenvalue weighted by Crippen LogP contribution is -2.48. The van der Waals surface area contributed by atoms with Crippen LogP contribution in [0.25, 0.3) is 0 Å². The predicted molar refractivity (Wildman–Crippen MR) is 39.5 cm³/mol. The molecule has 3 N–H and O–H groups in total. The zero-order chi connectivity index (χ0) is 6.32. The second-order valence-corrected chi connectivity index (χ2v) is 3.44. The Morgan fingerprint density at radius 3 is 2.89 bits per heavy atom. The smallest absolute Gasteiger partial charge is 0.0984 e. The van der Waals surface area contributed by atoms with Gasteiger partial charge < -0.3 is 5.73 Å². The average molecular weight is 142 g/mol. The van der Waals surface area contributed by atoms with Crippen molar-refractivity contribution in [1.82, 2.24) is 4.72 Å². The normalized spacial score (nSPS) is 41.9.